The molecule has 3 fully saturated rings. The Balaban J connectivity index is 0.000000197. The van der Waals surface area contributed by atoms with Gasteiger partial charge in [0.1, 0.15) is 105 Å². The van der Waals surface area contributed by atoms with Crippen LogP contribution in [0.2, 0.25) is 0 Å². The first-order chi connectivity index (χ1) is 59.4. The summed E-state index contributed by atoms with van der Waals surface area (Å²) in [7, 11) is 9.73. The lowest BCUT2D eigenvalue weighted by Crippen LogP contribution is -2.40. The second kappa shape index (κ2) is 42.2. The maximum atomic E-state index is 13.9. The van der Waals surface area contributed by atoms with Crippen molar-refractivity contribution in [3.8, 4) is 17.2 Å². The number of fused-ring (bicyclic) bond motifs is 3. The number of anilines is 3. The summed E-state index contributed by atoms with van der Waals surface area (Å²) in [5.41, 5.74) is 3.60. The molecule has 6 aromatic carbocycles. The van der Waals surface area contributed by atoms with Crippen LogP contribution in [0.1, 0.15) is 149 Å². The first-order valence-corrected chi connectivity index (χ1v) is 41.3. The topological polar surface area (TPSA) is 292 Å². The summed E-state index contributed by atoms with van der Waals surface area (Å²) in [6, 6.07) is 18.8. The summed E-state index contributed by atoms with van der Waals surface area (Å²) in [6.45, 7) is 30.1. The Kier molecular flexibility index (Phi) is 32.2. The van der Waals surface area contributed by atoms with Gasteiger partial charge in [-0.2, -0.15) is 0 Å². The van der Waals surface area contributed by atoms with Crippen molar-refractivity contribution in [3.05, 3.63) is 178 Å². The molecule has 0 radical (unpaired) electrons. The van der Waals surface area contributed by atoms with Gasteiger partial charge in [0.15, 0.2) is 0 Å². The van der Waals surface area contributed by atoms with Crippen LogP contribution in [0.4, 0.5) is 58.2 Å². The van der Waals surface area contributed by atoms with E-state index in [-0.39, 0.29) is 74.2 Å². The van der Waals surface area contributed by atoms with Crippen molar-refractivity contribution in [1.29, 1.82) is 0 Å². The zero-order valence-electron chi connectivity index (χ0n) is 74.5. The predicted molar refractivity (Wildman–Crippen MR) is 461 cm³/mol. The van der Waals surface area contributed by atoms with Crippen molar-refractivity contribution in [2.24, 2.45) is 0 Å². The molecule has 0 spiro atoms. The second-order valence-electron chi connectivity index (χ2n) is 33.8. The number of carbonyl (C=O) groups excluding carboxylic acids is 6. The van der Waals surface area contributed by atoms with E-state index < -0.39 is 88.3 Å². The number of likely N-dealkylation sites (N-methyl/N-ethyl adjacent to an activating group) is 6. The zero-order chi connectivity index (χ0) is 91.8. The third-order valence-corrected chi connectivity index (χ3v) is 20.0. The summed E-state index contributed by atoms with van der Waals surface area (Å²) < 4.78 is 134. The fourth-order valence-corrected chi connectivity index (χ4v) is 13.3. The summed E-state index contributed by atoms with van der Waals surface area (Å²) in [4.78, 5) is 121. The van der Waals surface area contributed by atoms with Crippen LogP contribution in [0.5, 0.6) is 17.2 Å². The average molecular weight is 1760 g/mol. The largest absolute Gasteiger partial charge is 0.486 e. The van der Waals surface area contributed by atoms with Crippen molar-refractivity contribution in [1.82, 2.24) is 59.3 Å². The standard InChI is InChI=1S/3C30H37F2N5O5/c3*1-19(41-23-16-21(31)15-22(32)17-23)24-13-20(28(38)35(5)7-8-36(6)29(39)42-30(2,3)4)14-25-27(24)34-26(18-33-25)37-9-11-40-12-10-37/h3*13-19H,7-12H2,1-6H3. The fraction of sp³-hybridized carbons (Fsp3) is 0.467. The molecular formula is C90H111F6N15O15. The van der Waals surface area contributed by atoms with E-state index >= 15 is 0 Å². The highest BCUT2D eigenvalue weighted by molar-refractivity contribution is 6.00. The number of amides is 6. The molecule has 0 saturated carbocycles. The molecule has 12 rings (SSSR count). The van der Waals surface area contributed by atoms with Gasteiger partial charge in [0.25, 0.3) is 17.7 Å². The van der Waals surface area contributed by atoms with Gasteiger partial charge in [-0.05, 0) is 119 Å². The van der Waals surface area contributed by atoms with Crippen LogP contribution in [0.3, 0.4) is 0 Å². The summed E-state index contributed by atoms with van der Waals surface area (Å²) in [5, 5.41) is 0. The molecular weight excluding hydrogens is 1650 g/mol. The van der Waals surface area contributed by atoms with Crippen LogP contribution in [-0.4, -0.2) is 273 Å². The first kappa shape index (κ1) is 96.0. The quantitative estimate of drug-likeness (QED) is 0.0401. The molecule has 0 N–H and O–H groups in total. The van der Waals surface area contributed by atoms with Crippen molar-refractivity contribution in [3.63, 3.8) is 0 Å². The van der Waals surface area contributed by atoms with Gasteiger partial charge in [-0.15, -0.1) is 0 Å². The monoisotopic (exact) mass is 1760 g/mol. The van der Waals surface area contributed by atoms with E-state index in [0.29, 0.717) is 163 Å². The van der Waals surface area contributed by atoms with E-state index in [1.807, 2.05) is 0 Å². The number of carbonyl (C=O) groups is 6. The zero-order valence-corrected chi connectivity index (χ0v) is 74.5. The first-order valence-electron chi connectivity index (χ1n) is 41.3. The van der Waals surface area contributed by atoms with Crippen LogP contribution in [-0.2, 0) is 28.4 Å². The maximum absolute atomic E-state index is 13.9. The van der Waals surface area contributed by atoms with Gasteiger partial charge < -0.3 is 86.7 Å². The summed E-state index contributed by atoms with van der Waals surface area (Å²) >= 11 is 0. The number of hydrogen-bond acceptors (Lipinski definition) is 24. The Morgan fingerprint density at radius 1 is 0.341 bits per heavy atom. The number of ether oxygens (including phenoxy) is 9. The normalized spacial score (nSPS) is 14.4. The van der Waals surface area contributed by atoms with Gasteiger partial charge in [0.05, 0.1) is 91.3 Å². The van der Waals surface area contributed by atoms with Crippen LogP contribution in [0.15, 0.2) is 110 Å². The lowest BCUT2D eigenvalue weighted by atomic mass is 10.0. The van der Waals surface area contributed by atoms with Crippen molar-refractivity contribution >= 4 is 86.6 Å². The van der Waals surface area contributed by atoms with Crippen molar-refractivity contribution in [2.45, 2.75) is 118 Å². The smallest absolute Gasteiger partial charge is 0.410 e. The molecule has 678 valence electrons. The maximum Gasteiger partial charge on any atom is 0.410 e. The molecule has 30 nitrogen and oxygen atoms in total. The van der Waals surface area contributed by atoms with Crippen LogP contribution < -0.4 is 28.9 Å². The number of benzene rings is 6. The molecule has 0 aliphatic carbocycles. The second-order valence-corrected chi connectivity index (χ2v) is 33.8. The number of morpholine rings is 3. The van der Waals surface area contributed by atoms with E-state index in [0.717, 1.165) is 54.6 Å². The summed E-state index contributed by atoms with van der Waals surface area (Å²) in [6.07, 6.45) is 1.29. The van der Waals surface area contributed by atoms with Gasteiger partial charge in [-0.25, -0.2) is 55.7 Å². The molecule has 3 aliphatic heterocycles. The van der Waals surface area contributed by atoms with E-state index in [2.05, 4.69) is 29.7 Å². The highest BCUT2D eigenvalue weighted by Crippen LogP contribution is 2.36. The molecule has 3 aromatic heterocycles. The van der Waals surface area contributed by atoms with Gasteiger partial charge in [-0.3, -0.25) is 29.3 Å². The molecule has 6 heterocycles. The minimum Gasteiger partial charge on any atom is -0.486 e. The fourth-order valence-electron chi connectivity index (χ4n) is 13.3. The minimum absolute atomic E-state index is 0.00414. The van der Waals surface area contributed by atoms with Crippen LogP contribution >= 0.6 is 0 Å². The molecule has 36 heteroatoms. The predicted octanol–water partition coefficient (Wildman–Crippen LogP) is 14.5. The Morgan fingerprint density at radius 2 is 0.556 bits per heavy atom. The molecule has 3 atom stereocenters. The highest BCUT2D eigenvalue weighted by atomic mass is 19.2. The van der Waals surface area contributed by atoms with E-state index in [1.54, 1.807) is 180 Å². The third kappa shape index (κ3) is 27.2. The van der Waals surface area contributed by atoms with E-state index in [4.69, 9.17) is 57.6 Å². The third-order valence-electron chi connectivity index (χ3n) is 20.0. The molecule has 3 saturated heterocycles. The van der Waals surface area contributed by atoms with Crippen molar-refractivity contribution < 1.29 is 97.7 Å². The SMILES string of the molecule is CC(Oc1cc(F)cc(F)c1)c1cc(C(=O)N(C)CCN(C)C(=O)OC(C)(C)C)cc2ncc(N3CCOCC3)nc12.CC(Oc1cc(F)cc(F)c1)c1cc(C(=O)N(C)CCN(C)C(=O)OC(C)(C)C)cc2ncc(N3CCOCC3)nc12.CC(Oc1cc(F)cc(F)c1)c1cc(C(=O)N(C)CCN(C)C(=O)OC(C)(C)C)cc2ncc(N3CCOCC3)nc12. The number of aromatic nitrogens is 6. The van der Waals surface area contributed by atoms with Crippen molar-refractivity contribution in [2.75, 3.05) is 175 Å². The molecule has 3 aliphatic rings. The number of rotatable bonds is 24. The molecule has 9 aromatic rings. The summed E-state index contributed by atoms with van der Waals surface area (Å²) in [5.74, 6) is -3.55. The number of halogens is 6. The molecule has 126 heavy (non-hydrogen) atoms. The molecule has 0 bridgehead atoms. The highest BCUT2D eigenvalue weighted by Gasteiger charge is 2.30. The lowest BCUT2D eigenvalue weighted by molar-refractivity contribution is 0.0275. The molecule has 6 amide bonds. The average Bonchev–Trinajstić information content (AvgIpc) is 0.782. The number of hydrogen-bond donors (Lipinski definition) is 0. The Bertz CT molecular complexity index is 4780. The Morgan fingerprint density at radius 3 is 0.770 bits per heavy atom. The van der Waals surface area contributed by atoms with Gasteiger partial charge >= 0.3 is 18.3 Å². The Labute approximate surface area is 728 Å². The lowest BCUT2D eigenvalue weighted by Gasteiger charge is -2.28. The van der Waals surface area contributed by atoms with Crippen LogP contribution in [0.25, 0.3) is 33.1 Å². The minimum atomic E-state index is -0.765. The Hall–Kier alpha value is -12.2. The van der Waals surface area contributed by atoms with Gasteiger partial charge in [-0.1, -0.05) is 0 Å². The van der Waals surface area contributed by atoms with E-state index in [9.17, 15) is 55.1 Å². The van der Waals surface area contributed by atoms with Gasteiger partial charge in [0, 0.05) is 209 Å². The van der Waals surface area contributed by atoms with Crippen LogP contribution in [0, 0.1) is 34.9 Å². The van der Waals surface area contributed by atoms with E-state index in [1.165, 1.54) is 29.4 Å². The number of nitrogens with zero attached hydrogens (tertiary/aromatic N) is 15. The molecule has 3 unspecified atom stereocenters. The van der Waals surface area contributed by atoms with Gasteiger partial charge in [0.2, 0.25) is 0 Å².